The number of hydrogen-bond acceptors (Lipinski definition) is 5. The van der Waals surface area contributed by atoms with Crippen LogP contribution >= 0.6 is 15.9 Å². The summed E-state index contributed by atoms with van der Waals surface area (Å²) in [6, 6.07) is 3.63. The van der Waals surface area contributed by atoms with Crippen LogP contribution < -0.4 is 16.8 Å². The number of hydrogen-bond donors (Lipinski definition) is 2. The normalized spacial score (nSPS) is 10.2. The predicted molar refractivity (Wildman–Crippen MR) is 67.3 cm³/mol. The lowest BCUT2D eigenvalue weighted by Crippen LogP contribution is -2.22. The van der Waals surface area contributed by atoms with Gasteiger partial charge in [0.1, 0.15) is 10.3 Å². The number of anilines is 1. The monoisotopic (exact) mass is 295 g/mol. The van der Waals surface area contributed by atoms with Crippen LogP contribution in [-0.2, 0) is 6.54 Å². The summed E-state index contributed by atoms with van der Waals surface area (Å²) in [5.41, 5.74) is 3.16. The molecule has 2 aromatic heterocycles. The Balaban J connectivity index is 2.38. The van der Waals surface area contributed by atoms with Crippen LogP contribution in [-0.4, -0.2) is 14.5 Å². The van der Waals surface area contributed by atoms with E-state index in [0.717, 1.165) is 5.56 Å². The largest absolute Gasteiger partial charge is 0.308 e. The zero-order chi connectivity index (χ0) is 12.3. The van der Waals surface area contributed by atoms with Crippen molar-refractivity contribution in [3.63, 3.8) is 0 Å². The fourth-order valence-electron chi connectivity index (χ4n) is 1.42. The van der Waals surface area contributed by atoms with E-state index >= 15 is 0 Å². The summed E-state index contributed by atoms with van der Waals surface area (Å²) < 4.78 is 1.90. The van der Waals surface area contributed by atoms with E-state index < -0.39 is 0 Å². The second-order valence-electron chi connectivity index (χ2n) is 3.33. The van der Waals surface area contributed by atoms with E-state index in [-0.39, 0.29) is 5.56 Å². The van der Waals surface area contributed by atoms with Crippen LogP contribution in [0.3, 0.4) is 0 Å². The van der Waals surface area contributed by atoms with Crippen LogP contribution in [0.5, 0.6) is 0 Å². The molecule has 0 spiro atoms. The van der Waals surface area contributed by atoms with E-state index in [9.17, 15) is 4.79 Å². The van der Waals surface area contributed by atoms with Gasteiger partial charge in [0.2, 0.25) is 0 Å². The van der Waals surface area contributed by atoms with E-state index in [2.05, 4.69) is 31.3 Å². The molecule has 88 valence electrons. The molecule has 2 aromatic rings. The molecule has 0 atom stereocenters. The van der Waals surface area contributed by atoms with Crippen molar-refractivity contribution in [3.05, 3.63) is 51.2 Å². The smallest absolute Gasteiger partial charge is 0.267 e. The maximum atomic E-state index is 11.8. The highest BCUT2D eigenvalue weighted by atomic mass is 79.9. The highest BCUT2D eigenvalue weighted by Gasteiger charge is 2.05. The third kappa shape index (κ3) is 2.51. The third-order valence-corrected chi connectivity index (χ3v) is 2.77. The maximum Gasteiger partial charge on any atom is 0.267 e. The Morgan fingerprint density at radius 2 is 2.35 bits per heavy atom. The SMILES string of the molecule is NNc1ncccc1Cn1cncc(Br)c1=O. The van der Waals surface area contributed by atoms with Crippen molar-refractivity contribution in [3.8, 4) is 0 Å². The summed E-state index contributed by atoms with van der Waals surface area (Å²) in [5, 5.41) is 0. The summed E-state index contributed by atoms with van der Waals surface area (Å²) in [6.45, 7) is 0.360. The average molecular weight is 296 g/mol. The number of halogens is 1. The number of hydrazine groups is 1. The fraction of sp³-hybridized carbons (Fsp3) is 0.100. The summed E-state index contributed by atoms with van der Waals surface area (Å²) >= 11 is 3.14. The van der Waals surface area contributed by atoms with Crippen LogP contribution in [0, 0.1) is 0 Å². The van der Waals surface area contributed by atoms with Crippen molar-refractivity contribution in [2.75, 3.05) is 5.43 Å². The van der Waals surface area contributed by atoms with Crippen molar-refractivity contribution in [1.82, 2.24) is 14.5 Å². The van der Waals surface area contributed by atoms with Gasteiger partial charge in [-0.05, 0) is 22.0 Å². The van der Waals surface area contributed by atoms with E-state index in [1.807, 2.05) is 6.07 Å². The number of aromatic nitrogens is 3. The van der Waals surface area contributed by atoms with Gasteiger partial charge in [0.25, 0.3) is 5.56 Å². The molecule has 0 bridgehead atoms. The van der Waals surface area contributed by atoms with Crippen LogP contribution in [0.15, 0.2) is 40.1 Å². The number of nitrogen functional groups attached to an aromatic ring is 1. The van der Waals surface area contributed by atoms with E-state index in [1.165, 1.54) is 17.1 Å². The lowest BCUT2D eigenvalue weighted by molar-refractivity contribution is 0.729. The summed E-state index contributed by atoms with van der Waals surface area (Å²) in [4.78, 5) is 19.8. The lowest BCUT2D eigenvalue weighted by atomic mass is 10.2. The van der Waals surface area contributed by atoms with Crippen LogP contribution in [0.2, 0.25) is 0 Å². The van der Waals surface area contributed by atoms with Gasteiger partial charge in [0, 0.05) is 18.0 Å². The Morgan fingerprint density at radius 1 is 1.53 bits per heavy atom. The predicted octanol–water partition coefficient (Wildman–Crippen LogP) is 0.735. The first-order valence-corrected chi connectivity index (χ1v) is 5.62. The second-order valence-corrected chi connectivity index (χ2v) is 4.18. The molecule has 0 unspecified atom stereocenters. The molecule has 2 heterocycles. The molecule has 0 radical (unpaired) electrons. The standard InChI is InChI=1S/C10H10BrN5O/c11-8-4-13-6-16(10(8)17)5-7-2-1-3-14-9(7)15-12/h1-4,6H,5,12H2,(H,14,15). The molecule has 0 fully saturated rings. The second kappa shape index (κ2) is 5.07. The van der Waals surface area contributed by atoms with Crippen molar-refractivity contribution in [2.45, 2.75) is 6.54 Å². The van der Waals surface area contributed by atoms with Gasteiger partial charge >= 0.3 is 0 Å². The third-order valence-electron chi connectivity index (χ3n) is 2.23. The van der Waals surface area contributed by atoms with E-state index in [0.29, 0.717) is 16.8 Å². The van der Waals surface area contributed by atoms with E-state index in [4.69, 9.17) is 5.84 Å². The molecule has 0 saturated carbocycles. The Labute approximate surface area is 106 Å². The van der Waals surface area contributed by atoms with E-state index in [1.54, 1.807) is 12.3 Å². The minimum atomic E-state index is -0.146. The molecular formula is C10H10BrN5O. The van der Waals surface area contributed by atoms with Gasteiger partial charge in [-0.1, -0.05) is 6.07 Å². The Bertz CT molecular complexity index is 583. The minimum Gasteiger partial charge on any atom is -0.308 e. The van der Waals surface area contributed by atoms with Gasteiger partial charge in [0.15, 0.2) is 0 Å². The van der Waals surface area contributed by atoms with Crippen molar-refractivity contribution >= 4 is 21.7 Å². The Kier molecular flexibility index (Phi) is 3.50. The maximum absolute atomic E-state index is 11.8. The fourth-order valence-corrected chi connectivity index (χ4v) is 1.76. The Morgan fingerprint density at radius 3 is 3.12 bits per heavy atom. The molecular weight excluding hydrogens is 286 g/mol. The lowest BCUT2D eigenvalue weighted by Gasteiger charge is -2.09. The van der Waals surface area contributed by atoms with Gasteiger partial charge < -0.3 is 5.43 Å². The Hall–Kier alpha value is -1.73. The molecule has 0 aliphatic carbocycles. The molecule has 0 amide bonds. The minimum absolute atomic E-state index is 0.146. The van der Waals surface area contributed by atoms with Crippen LogP contribution in [0.1, 0.15) is 5.56 Å². The molecule has 3 N–H and O–H groups in total. The summed E-state index contributed by atoms with van der Waals surface area (Å²) in [5.74, 6) is 5.89. The number of nitrogens with one attached hydrogen (secondary N) is 1. The van der Waals surface area contributed by atoms with Gasteiger partial charge in [-0.3, -0.25) is 9.36 Å². The quantitative estimate of drug-likeness (QED) is 0.644. The summed E-state index contributed by atoms with van der Waals surface area (Å²) in [6.07, 6.45) is 4.56. The zero-order valence-electron chi connectivity index (χ0n) is 8.80. The van der Waals surface area contributed by atoms with Gasteiger partial charge in [-0.15, -0.1) is 0 Å². The first-order chi connectivity index (χ1) is 8.22. The number of nitrogens with two attached hydrogens (primary N) is 1. The van der Waals surface area contributed by atoms with Crippen molar-refractivity contribution in [1.29, 1.82) is 0 Å². The molecule has 0 aliphatic heterocycles. The van der Waals surface area contributed by atoms with Crippen molar-refractivity contribution < 1.29 is 0 Å². The molecule has 7 heteroatoms. The zero-order valence-corrected chi connectivity index (χ0v) is 10.4. The van der Waals surface area contributed by atoms with Crippen LogP contribution in [0.4, 0.5) is 5.82 Å². The average Bonchev–Trinajstić information content (AvgIpc) is 2.35. The molecule has 0 aliphatic rings. The van der Waals surface area contributed by atoms with Gasteiger partial charge in [0.05, 0.1) is 12.9 Å². The van der Waals surface area contributed by atoms with Gasteiger partial charge in [-0.25, -0.2) is 15.8 Å². The first-order valence-electron chi connectivity index (χ1n) is 4.83. The highest BCUT2D eigenvalue weighted by molar-refractivity contribution is 9.10. The van der Waals surface area contributed by atoms with Crippen molar-refractivity contribution in [2.24, 2.45) is 5.84 Å². The summed E-state index contributed by atoms with van der Waals surface area (Å²) in [7, 11) is 0. The number of rotatable bonds is 3. The molecule has 17 heavy (non-hydrogen) atoms. The highest BCUT2D eigenvalue weighted by Crippen LogP contribution is 2.11. The first kappa shape index (κ1) is 11.7. The molecule has 2 rings (SSSR count). The van der Waals surface area contributed by atoms with Crippen LogP contribution in [0.25, 0.3) is 0 Å². The molecule has 0 saturated heterocycles. The number of pyridine rings is 1. The molecule has 6 nitrogen and oxygen atoms in total. The topological polar surface area (TPSA) is 85.8 Å². The molecule has 0 aromatic carbocycles. The van der Waals surface area contributed by atoms with Gasteiger partial charge in [-0.2, -0.15) is 0 Å². The number of nitrogens with zero attached hydrogens (tertiary/aromatic N) is 3.